The molecular formula is C16H12Cl2N2O2. The molecule has 0 amide bonds. The Labute approximate surface area is 137 Å². The monoisotopic (exact) mass is 334 g/mol. The van der Waals surface area contributed by atoms with Crippen LogP contribution in [0.3, 0.4) is 0 Å². The lowest BCUT2D eigenvalue weighted by Gasteiger charge is -2.02. The topological polar surface area (TPSA) is 55.0 Å². The molecule has 4 nitrogen and oxygen atoms in total. The van der Waals surface area contributed by atoms with E-state index in [0.29, 0.717) is 39.1 Å². The van der Waals surface area contributed by atoms with Gasteiger partial charge < -0.3 is 9.72 Å². The van der Waals surface area contributed by atoms with E-state index in [1.54, 1.807) is 31.2 Å². The number of nitrogens with one attached hydrogen (secondary N) is 1. The number of benzene rings is 2. The third kappa shape index (κ3) is 2.80. The van der Waals surface area contributed by atoms with Gasteiger partial charge in [0.15, 0.2) is 0 Å². The van der Waals surface area contributed by atoms with Gasteiger partial charge in [0, 0.05) is 10.6 Å². The average molecular weight is 335 g/mol. The van der Waals surface area contributed by atoms with Gasteiger partial charge in [-0.25, -0.2) is 9.78 Å². The molecular weight excluding hydrogens is 323 g/mol. The van der Waals surface area contributed by atoms with Crippen LogP contribution in [0.5, 0.6) is 0 Å². The predicted molar refractivity (Wildman–Crippen MR) is 87.5 cm³/mol. The normalized spacial score (nSPS) is 10.9. The Balaban J connectivity index is 2.10. The zero-order chi connectivity index (χ0) is 15.7. The van der Waals surface area contributed by atoms with E-state index in [4.69, 9.17) is 27.9 Å². The lowest BCUT2D eigenvalue weighted by Crippen LogP contribution is -2.04. The zero-order valence-electron chi connectivity index (χ0n) is 11.7. The maximum Gasteiger partial charge on any atom is 0.338 e. The van der Waals surface area contributed by atoms with Crippen LogP contribution in [-0.2, 0) is 4.74 Å². The molecule has 1 heterocycles. The third-order valence-corrected chi connectivity index (χ3v) is 3.67. The molecule has 0 radical (unpaired) electrons. The minimum Gasteiger partial charge on any atom is -0.462 e. The summed E-state index contributed by atoms with van der Waals surface area (Å²) in [5, 5.41) is 1.02. The van der Waals surface area contributed by atoms with Gasteiger partial charge in [0.2, 0.25) is 0 Å². The quantitative estimate of drug-likeness (QED) is 0.705. The number of carbonyl (C=O) groups excluding carboxylic acids is 1. The molecule has 1 aromatic heterocycles. The first kappa shape index (κ1) is 14.9. The van der Waals surface area contributed by atoms with Crippen molar-refractivity contribution in [1.29, 1.82) is 0 Å². The van der Waals surface area contributed by atoms with Crippen molar-refractivity contribution in [1.82, 2.24) is 9.97 Å². The summed E-state index contributed by atoms with van der Waals surface area (Å²) in [6.07, 6.45) is 0. The fraction of sp³-hybridized carbons (Fsp3) is 0.125. The number of hydrogen-bond donors (Lipinski definition) is 1. The Morgan fingerprint density at radius 3 is 2.82 bits per heavy atom. The van der Waals surface area contributed by atoms with Crippen LogP contribution in [0.4, 0.5) is 0 Å². The van der Waals surface area contributed by atoms with Crippen molar-refractivity contribution in [2.45, 2.75) is 6.92 Å². The van der Waals surface area contributed by atoms with Crippen molar-refractivity contribution < 1.29 is 9.53 Å². The lowest BCUT2D eigenvalue weighted by molar-refractivity contribution is 0.0526. The Hall–Kier alpha value is -2.04. The number of esters is 1. The summed E-state index contributed by atoms with van der Waals surface area (Å²) in [5.41, 5.74) is 2.51. The number of halogens is 2. The minimum absolute atomic E-state index is 0.311. The average Bonchev–Trinajstić information content (AvgIpc) is 2.92. The van der Waals surface area contributed by atoms with Crippen molar-refractivity contribution in [3.63, 3.8) is 0 Å². The van der Waals surface area contributed by atoms with E-state index >= 15 is 0 Å². The first-order valence-corrected chi connectivity index (χ1v) is 7.46. The maximum absolute atomic E-state index is 11.8. The number of nitrogens with zero attached hydrogens (tertiary/aromatic N) is 1. The van der Waals surface area contributed by atoms with Crippen molar-refractivity contribution in [3.8, 4) is 11.4 Å². The molecule has 0 unspecified atom stereocenters. The number of aromatic nitrogens is 2. The zero-order valence-corrected chi connectivity index (χ0v) is 13.2. The molecule has 0 spiro atoms. The summed E-state index contributed by atoms with van der Waals surface area (Å²) < 4.78 is 4.99. The molecule has 0 bridgehead atoms. The molecule has 22 heavy (non-hydrogen) atoms. The van der Waals surface area contributed by atoms with Crippen molar-refractivity contribution >= 4 is 40.2 Å². The van der Waals surface area contributed by atoms with E-state index in [1.165, 1.54) is 0 Å². The van der Waals surface area contributed by atoms with Crippen LogP contribution in [0, 0.1) is 0 Å². The number of carbonyl (C=O) groups is 1. The van der Waals surface area contributed by atoms with E-state index in [2.05, 4.69) is 9.97 Å². The van der Waals surface area contributed by atoms with Crippen molar-refractivity contribution in [3.05, 3.63) is 52.0 Å². The fourth-order valence-corrected chi connectivity index (χ4v) is 2.63. The second-order valence-corrected chi connectivity index (χ2v) is 5.51. The smallest absolute Gasteiger partial charge is 0.338 e. The highest BCUT2D eigenvalue weighted by Crippen LogP contribution is 2.28. The molecule has 2 aromatic carbocycles. The molecule has 112 valence electrons. The molecule has 0 saturated heterocycles. The van der Waals surface area contributed by atoms with Crippen LogP contribution in [0.15, 0.2) is 36.4 Å². The molecule has 0 saturated carbocycles. The highest BCUT2D eigenvalue weighted by Gasteiger charge is 2.14. The van der Waals surface area contributed by atoms with Gasteiger partial charge in [0.25, 0.3) is 0 Å². The second kappa shape index (κ2) is 5.99. The van der Waals surface area contributed by atoms with E-state index in [0.717, 1.165) is 5.56 Å². The SMILES string of the molecule is CCOC(=O)c1cc(Cl)c2nc(-c3cccc(Cl)c3)[nH]c2c1. The number of imidazole rings is 1. The second-order valence-electron chi connectivity index (χ2n) is 4.67. The predicted octanol–water partition coefficient (Wildman–Crippen LogP) is 4.71. The number of hydrogen-bond acceptors (Lipinski definition) is 3. The van der Waals surface area contributed by atoms with Gasteiger partial charge in [-0.2, -0.15) is 0 Å². The molecule has 0 aliphatic carbocycles. The van der Waals surface area contributed by atoms with Crippen LogP contribution < -0.4 is 0 Å². The molecule has 3 aromatic rings. The van der Waals surface area contributed by atoms with Crippen molar-refractivity contribution in [2.24, 2.45) is 0 Å². The number of H-pyrrole nitrogens is 1. The molecule has 3 rings (SSSR count). The van der Waals surface area contributed by atoms with Crippen LogP contribution in [0.25, 0.3) is 22.4 Å². The lowest BCUT2D eigenvalue weighted by atomic mass is 10.2. The minimum atomic E-state index is -0.412. The van der Waals surface area contributed by atoms with E-state index in [-0.39, 0.29) is 0 Å². The van der Waals surface area contributed by atoms with Gasteiger partial charge in [-0.3, -0.25) is 0 Å². The summed E-state index contributed by atoms with van der Waals surface area (Å²) in [6, 6.07) is 10.6. The molecule has 0 atom stereocenters. The van der Waals surface area contributed by atoms with Gasteiger partial charge in [-0.05, 0) is 31.2 Å². The van der Waals surface area contributed by atoms with Crippen molar-refractivity contribution in [2.75, 3.05) is 6.61 Å². The summed E-state index contributed by atoms with van der Waals surface area (Å²) in [6.45, 7) is 2.07. The van der Waals surface area contributed by atoms with Crippen LogP contribution in [-0.4, -0.2) is 22.5 Å². The van der Waals surface area contributed by atoms with E-state index in [9.17, 15) is 4.79 Å². The number of aromatic amines is 1. The summed E-state index contributed by atoms with van der Waals surface area (Å²) >= 11 is 12.2. The Morgan fingerprint density at radius 2 is 2.09 bits per heavy atom. The highest BCUT2D eigenvalue weighted by atomic mass is 35.5. The largest absolute Gasteiger partial charge is 0.462 e. The molecule has 0 aliphatic heterocycles. The summed E-state index contributed by atoms with van der Waals surface area (Å²) in [7, 11) is 0. The van der Waals surface area contributed by atoms with E-state index in [1.807, 2.05) is 12.1 Å². The summed E-state index contributed by atoms with van der Waals surface area (Å²) in [5.74, 6) is 0.227. The fourth-order valence-electron chi connectivity index (χ4n) is 2.18. The molecule has 0 fully saturated rings. The summed E-state index contributed by atoms with van der Waals surface area (Å²) in [4.78, 5) is 19.5. The Bertz CT molecular complexity index is 858. The van der Waals surface area contributed by atoms with Gasteiger partial charge in [-0.15, -0.1) is 0 Å². The standard InChI is InChI=1S/C16H12Cl2N2O2/c1-2-22-16(21)10-7-12(18)14-13(8-10)19-15(20-14)9-4-3-5-11(17)6-9/h3-8H,2H2,1H3,(H,19,20). The van der Waals surface area contributed by atoms with Crippen LogP contribution in [0.2, 0.25) is 10.0 Å². The molecule has 0 aliphatic rings. The number of ether oxygens (including phenoxy) is 1. The van der Waals surface area contributed by atoms with Gasteiger partial charge in [0.05, 0.1) is 22.7 Å². The number of fused-ring (bicyclic) bond motifs is 1. The van der Waals surface area contributed by atoms with Crippen LogP contribution in [0.1, 0.15) is 17.3 Å². The Morgan fingerprint density at radius 1 is 1.27 bits per heavy atom. The van der Waals surface area contributed by atoms with Gasteiger partial charge >= 0.3 is 5.97 Å². The maximum atomic E-state index is 11.8. The van der Waals surface area contributed by atoms with Gasteiger partial charge in [-0.1, -0.05) is 35.3 Å². The first-order valence-electron chi connectivity index (χ1n) is 6.71. The molecule has 1 N–H and O–H groups in total. The number of rotatable bonds is 3. The Kier molecular flexibility index (Phi) is 4.05. The highest BCUT2D eigenvalue weighted by molar-refractivity contribution is 6.35. The molecule has 6 heteroatoms. The van der Waals surface area contributed by atoms with Gasteiger partial charge in [0.1, 0.15) is 11.3 Å². The third-order valence-electron chi connectivity index (χ3n) is 3.15. The first-order chi connectivity index (χ1) is 10.6. The van der Waals surface area contributed by atoms with E-state index < -0.39 is 5.97 Å². The van der Waals surface area contributed by atoms with Crippen LogP contribution >= 0.6 is 23.2 Å².